The van der Waals surface area contributed by atoms with Gasteiger partial charge in [-0.15, -0.1) is 0 Å². The number of hydrogen-bond acceptors (Lipinski definition) is 7. The third kappa shape index (κ3) is 3.31. The Bertz CT molecular complexity index is 1020. The molecule has 0 aliphatic carbocycles. The fourth-order valence-electron chi connectivity index (χ4n) is 2.83. The summed E-state index contributed by atoms with van der Waals surface area (Å²) in [6.45, 7) is 4.06. The zero-order chi connectivity index (χ0) is 18.8. The Hall–Kier alpha value is -3.48. The van der Waals surface area contributed by atoms with Gasteiger partial charge in [0, 0.05) is 24.9 Å². The number of pyridine rings is 1. The fraction of sp³-hybridized carbons (Fsp3) is 0.200. The highest BCUT2D eigenvalue weighted by molar-refractivity contribution is 5.62. The first-order valence-electron chi connectivity index (χ1n) is 8.62. The lowest BCUT2D eigenvalue weighted by atomic mass is 10.1. The second-order valence-corrected chi connectivity index (χ2v) is 6.35. The zero-order valence-corrected chi connectivity index (χ0v) is 15.3. The minimum absolute atomic E-state index is 0.0400. The minimum Gasteiger partial charge on any atom is -0.364 e. The van der Waals surface area contributed by atoms with Crippen LogP contribution in [-0.4, -0.2) is 27.3 Å². The highest BCUT2D eigenvalue weighted by Crippen LogP contribution is 2.27. The molecule has 0 saturated heterocycles. The minimum atomic E-state index is 0.0400. The van der Waals surface area contributed by atoms with Gasteiger partial charge in [0.05, 0.1) is 11.6 Å². The molecule has 3 heterocycles. The second-order valence-electron chi connectivity index (χ2n) is 6.35. The van der Waals surface area contributed by atoms with Crippen molar-refractivity contribution in [3.8, 4) is 22.8 Å². The fourth-order valence-corrected chi connectivity index (χ4v) is 2.83. The molecule has 0 amide bonds. The van der Waals surface area contributed by atoms with Gasteiger partial charge < -0.3 is 13.9 Å². The molecule has 0 unspecified atom stereocenters. The molecule has 0 bridgehead atoms. The molecule has 4 rings (SSSR count). The molecular weight excluding hydrogens is 342 g/mol. The molecule has 0 saturated carbocycles. The van der Waals surface area contributed by atoms with Crippen molar-refractivity contribution in [3.05, 3.63) is 66.2 Å². The van der Waals surface area contributed by atoms with Crippen LogP contribution in [0.5, 0.6) is 0 Å². The Balaban J connectivity index is 1.55. The van der Waals surface area contributed by atoms with Gasteiger partial charge in [0.1, 0.15) is 17.8 Å². The van der Waals surface area contributed by atoms with Crippen molar-refractivity contribution in [3.63, 3.8) is 0 Å². The van der Waals surface area contributed by atoms with Crippen LogP contribution in [-0.2, 0) is 0 Å². The van der Waals surface area contributed by atoms with Crippen LogP contribution in [0.25, 0.3) is 22.8 Å². The highest BCUT2D eigenvalue weighted by atomic mass is 16.5. The summed E-state index contributed by atoms with van der Waals surface area (Å²) in [5.41, 5.74) is 3.68. The summed E-state index contributed by atoms with van der Waals surface area (Å²) in [5, 5.41) is 8.09. The molecule has 0 fully saturated rings. The van der Waals surface area contributed by atoms with Crippen LogP contribution in [0.15, 0.2) is 64.0 Å². The number of rotatable bonds is 5. The third-order valence-electron chi connectivity index (χ3n) is 4.63. The van der Waals surface area contributed by atoms with Crippen molar-refractivity contribution in [1.82, 2.24) is 20.3 Å². The molecule has 7 nitrogen and oxygen atoms in total. The summed E-state index contributed by atoms with van der Waals surface area (Å²) < 4.78 is 10.4. The lowest BCUT2D eigenvalue weighted by Gasteiger charge is -2.24. The quantitative estimate of drug-likeness (QED) is 0.524. The lowest BCUT2D eigenvalue weighted by molar-refractivity contribution is 0.406. The Kier molecular flexibility index (Phi) is 4.42. The van der Waals surface area contributed by atoms with E-state index in [9.17, 15) is 0 Å². The standard InChI is InChI=1S/C20H19N5O2/c1-13-6-4-5-7-16(13)19-22-20(27-24-19)15-8-9-18(21-12-15)25(3)14(2)17-10-11-26-23-17/h4-12,14H,1-3H3/t14-/m0/s1. The first-order valence-corrected chi connectivity index (χ1v) is 8.62. The van der Waals surface area contributed by atoms with Crippen molar-refractivity contribution >= 4 is 5.82 Å². The molecule has 0 N–H and O–H groups in total. The van der Waals surface area contributed by atoms with E-state index in [0.29, 0.717) is 11.7 Å². The predicted molar refractivity (Wildman–Crippen MR) is 101 cm³/mol. The van der Waals surface area contributed by atoms with E-state index in [4.69, 9.17) is 9.05 Å². The van der Waals surface area contributed by atoms with Crippen LogP contribution < -0.4 is 4.90 Å². The van der Waals surface area contributed by atoms with Crippen LogP contribution in [0.3, 0.4) is 0 Å². The van der Waals surface area contributed by atoms with Gasteiger partial charge in [-0.2, -0.15) is 4.98 Å². The summed E-state index contributed by atoms with van der Waals surface area (Å²) in [6.07, 6.45) is 3.30. The average molecular weight is 361 g/mol. The maximum absolute atomic E-state index is 5.43. The summed E-state index contributed by atoms with van der Waals surface area (Å²) >= 11 is 0. The largest absolute Gasteiger partial charge is 0.364 e. The Morgan fingerprint density at radius 2 is 1.89 bits per heavy atom. The van der Waals surface area contributed by atoms with E-state index in [0.717, 1.165) is 28.2 Å². The number of hydrogen-bond donors (Lipinski definition) is 0. The summed E-state index contributed by atoms with van der Waals surface area (Å²) in [7, 11) is 1.96. The van der Waals surface area contributed by atoms with Gasteiger partial charge in [-0.05, 0) is 31.5 Å². The molecule has 4 aromatic rings. The molecule has 0 spiro atoms. The zero-order valence-electron chi connectivity index (χ0n) is 15.3. The molecule has 136 valence electrons. The SMILES string of the molecule is Cc1ccccc1-c1noc(-c2ccc(N(C)[C@@H](C)c3ccon3)nc2)n1. The number of anilines is 1. The van der Waals surface area contributed by atoms with E-state index >= 15 is 0 Å². The Labute approximate surface area is 156 Å². The maximum Gasteiger partial charge on any atom is 0.259 e. The van der Waals surface area contributed by atoms with E-state index < -0.39 is 0 Å². The van der Waals surface area contributed by atoms with Gasteiger partial charge in [-0.1, -0.05) is 34.6 Å². The summed E-state index contributed by atoms with van der Waals surface area (Å²) in [6, 6.07) is 13.7. The van der Waals surface area contributed by atoms with Crippen LogP contribution >= 0.6 is 0 Å². The van der Waals surface area contributed by atoms with Gasteiger partial charge in [-0.25, -0.2) is 4.98 Å². The number of aryl methyl sites for hydroxylation is 1. The van der Waals surface area contributed by atoms with Gasteiger partial charge >= 0.3 is 0 Å². The van der Waals surface area contributed by atoms with E-state index in [1.54, 1.807) is 12.5 Å². The maximum atomic E-state index is 5.43. The van der Waals surface area contributed by atoms with E-state index in [-0.39, 0.29) is 6.04 Å². The predicted octanol–water partition coefficient (Wildman–Crippen LogP) is 4.29. The van der Waals surface area contributed by atoms with Crippen LogP contribution in [0.2, 0.25) is 0 Å². The van der Waals surface area contributed by atoms with Gasteiger partial charge in [0.25, 0.3) is 5.89 Å². The van der Waals surface area contributed by atoms with Gasteiger partial charge in [0.15, 0.2) is 0 Å². The first-order chi connectivity index (χ1) is 13.1. The topological polar surface area (TPSA) is 81.1 Å². The van der Waals surface area contributed by atoms with Crippen LogP contribution in [0.1, 0.15) is 24.2 Å². The number of benzene rings is 1. The second kappa shape index (κ2) is 7.03. The van der Waals surface area contributed by atoms with Crippen molar-refractivity contribution in [1.29, 1.82) is 0 Å². The van der Waals surface area contributed by atoms with Crippen molar-refractivity contribution in [2.45, 2.75) is 19.9 Å². The Morgan fingerprint density at radius 3 is 2.59 bits per heavy atom. The van der Waals surface area contributed by atoms with Crippen molar-refractivity contribution in [2.24, 2.45) is 0 Å². The lowest BCUT2D eigenvalue weighted by Crippen LogP contribution is -2.22. The van der Waals surface area contributed by atoms with Gasteiger partial charge in [0.2, 0.25) is 5.82 Å². The first kappa shape index (κ1) is 17.0. The van der Waals surface area contributed by atoms with Crippen LogP contribution in [0, 0.1) is 6.92 Å². The monoisotopic (exact) mass is 361 g/mol. The van der Waals surface area contributed by atoms with E-state index in [1.807, 2.05) is 68.3 Å². The molecular formula is C20H19N5O2. The highest BCUT2D eigenvalue weighted by Gasteiger charge is 2.17. The molecule has 0 aliphatic rings. The smallest absolute Gasteiger partial charge is 0.259 e. The number of nitrogens with zero attached hydrogens (tertiary/aromatic N) is 5. The summed E-state index contributed by atoms with van der Waals surface area (Å²) in [5.74, 6) is 1.83. The van der Waals surface area contributed by atoms with E-state index in [2.05, 4.69) is 20.3 Å². The summed E-state index contributed by atoms with van der Waals surface area (Å²) in [4.78, 5) is 11.1. The molecule has 0 radical (unpaired) electrons. The van der Waals surface area contributed by atoms with Crippen molar-refractivity contribution < 1.29 is 9.05 Å². The normalized spacial score (nSPS) is 12.1. The van der Waals surface area contributed by atoms with Gasteiger partial charge in [-0.3, -0.25) is 0 Å². The Morgan fingerprint density at radius 1 is 1.04 bits per heavy atom. The van der Waals surface area contributed by atoms with E-state index in [1.165, 1.54) is 0 Å². The average Bonchev–Trinajstić information content (AvgIpc) is 3.39. The molecule has 7 heteroatoms. The molecule has 0 aliphatic heterocycles. The number of aromatic nitrogens is 4. The van der Waals surface area contributed by atoms with Crippen LogP contribution in [0.4, 0.5) is 5.82 Å². The van der Waals surface area contributed by atoms with Crippen molar-refractivity contribution in [2.75, 3.05) is 11.9 Å². The molecule has 3 aromatic heterocycles. The third-order valence-corrected chi connectivity index (χ3v) is 4.63. The molecule has 1 aromatic carbocycles. The molecule has 27 heavy (non-hydrogen) atoms. The molecule has 1 atom stereocenters.